The molecule has 1 heterocycles. The molecule has 1 aliphatic rings. The van der Waals surface area contributed by atoms with E-state index in [0.29, 0.717) is 12.1 Å². The van der Waals surface area contributed by atoms with E-state index < -0.39 is 0 Å². The number of rotatable bonds is 3. The summed E-state index contributed by atoms with van der Waals surface area (Å²) >= 11 is 0. The molecule has 2 nitrogen and oxygen atoms in total. The summed E-state index contributed by atoms with van der Waals surface area (Å²) < 4.78 is 0. The SMILES string of the molecule is CN(c1ccccc1)C1CCCNC1c1ccccc1. The summed E-state index contributed by atoms with van der Waals surface area (Å²) in [4.78, 5) is 2.42. The molecule has 20 heavy (non-hydrogen) atoms. The highest BCUT2D eigenvalue weighted by Gasteiger charge is 2.29. The van der Waals surface area contributed by atoms with E-state index in [9.17, 15) is 0 Å². The minimum absolute atomic E-state index is 0.412. The highest BCUT2D eigenvalue weighted by molar-refractivity contribution is 5.47. The van der Waals surface area contributed by atoms with Crippen molar-refractivity contribution >= 4 is 5.69 Å². The second-order valence-corrected chi connectivity index (χ2v) is 5.50. The molecule has 0 aliphatic carbocycles. The third-order valence-electron chi connectivity index (χ3n) is 4.25. The van der Waals surface area contributed by atoms with E-state index in [1.807, 2.05) is 0 Å². The van der Waals surface area contributed by atoms with Gasteiger partial charge in [0.05, 0.1) is 6.04 Å². The fraction of sp³-hybridized carbons (Fsp3) is 0.333. The molecule has 0 aromatic heterocycles. The molecule has 0 saturated carbocycles. The minimum Gasteiger partial charge on any atom is -0.370 e. The van der Waals surface area contributed by atoms with Crippen molar-refractivity contribution in [1.82, 2.24) is 5.32 Å². The number of likely N-dealkylation sites (N-methyl/N-ethyl adjacent to an activating group) is 1. The van der Waals surface area contributed by atoms with Crippen molar-refractivity contribution in [2.24, 2.45) is 0 Å². The molecule has 0 bridgehead atoms. The normalized spacial score (nSPS) is 22.4. The van der Waals surface area contributed by atoms with Gasteiger partial charge >= 0.3 is 0 Å². The Morgan fingerprint density at radius 1 is 0.950 bits per heavy atom. The molecule has 1 fully saturated rings. The number of piperidine rings is 1. The lowest BCUT2D eigenvalue weighted by molar-refractivity contribution is 0.348. The molecule has 2 heteroatoms. The van der Waals surface area contributed by atoms with Gasteiger partial charge in [0.25, 0.3) is 0 Å². The largest absolute Gasteiger partial charge is 0.370 e. The Morgan fingerprint density at radius 3 is 2.30 bits per heavy atom. The third kappa shape index (κ3) is 2.70. The first-order valence-electron chi connectivity index (χ1n) is 7.42. The van der Waals surface area contributed by atoms with Crippen LogP contribution in [-0.4, -0.2) is 19.6 Å². The number of anilines is 1. The maximum absolute atomic E-state index is 3.69. The summed E-state index contributed by atoms with van der Waals surface area (Å²) in [6, 6.07) is 22.4. The van der Waals surface area contributed by atoms with Gasteiger partial charge in [-0.05, 0) is 37.1 Å². The summed E-state index contributed by atoms with van der Waals surface area (Å²) in [7, 11) is 2.21. The Balaban J connectivity index is 1.86. The van der Waals surface area contributed by atoms with Crippen LogP contribution in [0.3, 0.4) is 0 Å². The first-order chi connectivity index (χ1) is 9.86. The van der Waals surface area contributed by atoms with Crippen LogP contribution in [0.1, 0.15) is 24.4 Å². The van der Waals surface area contributed by atoms with Crippen LogP contribution >= 0.6 is 0 Å². The van der Waals surface area contributed by atoms with Crippen molar-refractivity contribution in [2.75, 3.05) is 18.5 Å². The van der Waals surface area contributed by atoms with Crippen molar-refractivity contribution in [2.45, 2.75) is 24.9 Å². The summed E-state index contributed by atoms with van der Waals surface area (Å²) in [5, 5.41) is 3.69. The summed E-state index contributed by atoms with van der Waals surface area (Å²) in [5.41, 5.74) is 2.68. The van der Waals surface area contributed by atoms with Crippen LogP contribution in [0.15, 0.2) is 60.7 Å². The monoisotopic (exact) mass is 266 g/mol. The predicted molar refractivity (Wildman–Crippen MR) is 85.1 cm³/mol. The van der Waals surface area contributed by atoms with Gasteiger partial charge in [0, 0.05) is 18.8 Å². The van der Waals surface area contributed by atoms with E-state index in [1.54, 1.807) is 0 Å². The maximum atomic E-state index is 3.69. The molecule has 1 aliphatic heterocycles. The Hall–Kier alpha value is -1.80. The predicted octanol–water partition coefficient (Wildman–Crippen LogP) is 3.62. The quantitative estimate of drug-likeness (QED) is 0.913. The van der Waals surface area contributed by atoms with Crippen LogP contribution < -0.4 is 10.2 Å². The van der Waals surface area contributed by atoms with Gasteiger partial charge in [-0.25, -0.2) is 0 Å². The highest BCUT2D eigenvalue weighted by Crippen LogP contribution is 2.30. The molecular formula is C18H22N2. The van der Waals surface area contributed by atoms with Crippen LogP contribution in [0.4, 0.5) is 5.69 Å². The smallest absolute Gasteiger partial charge is 0.0527 e. The fourth-order valence-electron chi connectivity index (χ4n) is 3.14. The Morgan fingerprint density at radius 2 is 1.60 bits per heavy atom. The van der Waals surface area contributed by atoms with E-state index in [4.69, 9.17) is 0 Å². The highest BCUT2D eigenvalue weighted by atomic mass is 15.2. The number of nitrogens with one attached hydrogen (secondary N) is 1. The standard InChI is InChI=1S/C18H22N2/c1-20(16-11-6-3-7-12-16)17-13-8-14-19-18(17)15-9-4-2-5-10-15/h2-7,9-12,17-19H,8,13-14H2,1H3. The maximum Gasteiger partial charge on any atom is 0.0527 e. The van der Waals surface area contributed by atoms with Crippen LogP contribution in [0.5, 0.6) is 0 Å². The van der Waals surface area contributed by atoms with Crippen molar-refractivity contribution in [3.8, 4) is 0 Å². The first kappa shape index (κ1) is 13.2. The summed E-state index contributed by atoms with van der Waals surface area (Å²) in [5.74, 6) is 0. The van der Waals surface area contributed by atoms with Crippen molar-refractivity contribution < 1.29 is 0 Å². The molecule has 1 saturated heterocycles. The summed E-state index contributed by atoms with van der Waals surface area (Å²) in [6.45, 7) is 1.11. The number of nitrogens with zero attached hydrogens (tertiary/aromatic N) is 1. The van der Waals surface area contributed by atoms with Gasteiger partial charge in [-0.2, -0.15) is 0 Å². The van der Waals surface area contributed by atoms with E-state index in [2.05, 4.69) is 77.9 Å². The lowest BCUT2D eigenvalue weighted by Crippen LogP contribution is -2.47. The van der Waals surface area contributed by atoms with E-state index in [-0.39, 0.29) is 0 Å². The van der Waals surface area contributed by atoms with Gasteiger partial charge < -0.3 is 10.2 Å². The van der Waals surface area contributed by atoms with Gasteiger partial charge in [0.1, 0.15) is 0 Å². The van der Waals surface area contributed by atoms with Crippen LogP contribution in [0, 0.1) is 0 Å². The van der Waals surface area contributed by atoms with Gasteiger partial charge in [-0.3, -0.25) is 0 Å². The lowest BCUT2D eigenvalue weighted by Gasteiger charge is -2.40. The van der Waals surface area contributed by atoms with Crippen LogP contribution in [0.2, 0.25) is 0 Å². The minimum atomic E-state index is 0.412. The summed E-state index contributed by atoms with van der Waals surface area (Å²) in [6.07, 6.45) is 2.48. The molecule has 0 radical (unpaired) electrons. The topological polar surface area (TPSA) is 15.3 Å². The zero-order chi connectivity index (χ0) is 13.8. The number of hydrogen-bond acceptors (Lipinski definition) is 2. The van der Waals surface area contributed by atoms with Crippen molar-refractivity contribution in [3.63, 3.8) is 0 Å². The number of hydrogen-bond donors (Lipinski definition) is 1. The van der Waals surface area contributed by atoms with E-state index >= 15 is 0 Å². The molecule has 0 amide bonds. The van der Waals surface area contributed by atoms with E-state index in [0.717, 1.165) is 6.54 Å². The fourth-order valence-corrected chi connectivity index (χ4v) is 3.14. The lowest BCUT2D eigenvalue weighted by atomic mass is 9.91. The average Bonchev–Trinajstić information content (AvgIpc) is 2.56. The Labute approximate surface area is 121 Å². The number of benzene rings is 2. The van der Waals surface area contributed by atoms with Crippen molar-refractivity contribution in [3.05, 3.63) is 66.2 Å². The number of para-hydroxylation sites is 1. The second-order valence-electron chi connectivity index (χ2n) is 5.50. The van der Waals surface area contributed by atoms with Gasteiger partial charge in [-0.1, -0.05) is 48.5 Å². The average molecular weight is 266 g/mol. The van der Waals surface area contributed by atoms with Crippen LogP contribution in [0.25, 0.3) is 0 Å². The molecule has 2 atom stereocenters. The van der Waals surface area contributed by atoms with Crippen LogP contribution in [-0.2, 0) is 0 Å². The Kier molecular flexibility index (Phi) is 4.03. The second kappa shape index (κ2) is 6.10. The molecule has 2 aromatic rings. The first-order valence-corrected chi connectivity index (χ1v) is 7.42. The molecular weight excluding hydrogens is 244 g/mol. The van der Waals surface area contributed by atoms with Gasteiger partial charge in [0.15, 0.2) is 0 Å². The van der Waals surface area contributed by atoms with Crippen molar-refractivity contribution in [1.29, 1.82) is 0 Å². The Bertz CT molecular complexity index is 524. The molecule has 104 valence electrons. The zero-order valence-electron chi connectivity index (χ0n) is 12.0. The molecule has 0 spiro atoms. The van der Waals surface area contributed by atoms with Gasteiger partial charge in [0.2, 0.25) is 0 Å². The third-order valence-corrected chi connectivity index (χ3v) is 4.25. The van der Waals surface area contributed by atoms with E-state index in [1.165, 1.54) is 24.1 Å². The molecule has 1 N–H and O–H groups in total. The molecule has 3 rings (SSSR count). The zero-order valence-corrected chi connectivity index (χ0v) is 12.0. The van der Waals surface area contributed by atoms with Gasteiger partial charge in [-0.15, -0.1) is 0 Å². The molecule has 2 unspecified atom stereocenters. The molecule has 2 aromatic carbocycles.